The Labute approximate surface area is 259 Å². The van der Waals surface area contributed by atoms with Crippen molar-refractivity contribution in [3.63, 3.8) is 0 Å². The lowest BCUT2D eigenvalue weighted by atomic mass is 9.86. The zero-order valence-electron chi connectivity index (χ0n) is 26.2. The van der Waals surface area contributed by atoms with Gasteiger partial charge in [-0.2, -0.15) is 4.98 Å². The summed E-state index contributed by atoms with van der Waals surface area (Å²) in [5.41, 5.74) is 0.263. The van der Waals surface area contributed by atoms with Crippen molar-refractivity contribution < 1.29 is 28.4 Å². The molecule has 3 atom stereocenters. The molecule has 11 heteroatoms. The molecule has 3 amide bonds. The third kappa shape index (κ3) is 7.78. The number of amides is 3. The van der Waals surface area contributed by atoms with Crippen molar-refractivity contribution in [2.45, 2.75) is 114 Å². The summed E-state index contributed by atoms with van der Waals surface area (Å²) in [4.78, 5) is 44.5. The average Bonchev–Trinajstić information content (AvgIpc) is 3.90. The topological polar surface area (TPSA) is 136 Å². The van der Waals surface area contributed by atoms with Gasteiger partial charge in [-0.3, -0.25) is 4.79 Å². The summed E-state index contributed by atoms with van der Waals surface area (Å²) in [5, 5.41) is 10.0. The molecule has 1 aromatic heterocycles. The number of alkyl carbamates (subject to hydrolysis) is 1. The van der Waals surface area contributed by atoms with Crippen LogP contribution in [0.2, 0.25) is 0 Å². The fraction of sp³-hybridized carbons (Fsp3) is 0.606. The Balaban J connectivity index is 1.15. The Morgan fingerprint density at radius 3 is 2.50 bits per heavy atom. The number of carbonyl (C=O) groups is 3. The molecular weight excluding hydrogens is 562 g/mol. The Bertz CT molecular complexity index is 1330. The zero-order chi connectivity index (χ0) is 31.5. The normalized spacial score (nSPS) is 24.4. The molecule has 0 aliphatic heterocycles. The maximum absolute atomic E-state index is 13.1. The van der Waals surface area contributed by atoms with Crippen molar-refractivity contribution in [3.8, 4) is 0 Å². The molecule has 3 saturated carbocycles. The number of benzene rings is 1. The van der Waals surface area contributed by atoms with E-state index < -0.39 is 17.7 Å². The van der Waals surface area contributed by atoms with Gasteiger partial charge < -0.3 is 29.5 Å². The van der Waals surface area contributed by atoms with E-state index in [1.165, 1.54) is 5.56 Å². The molecular formula is C33H45N5O6. The first-order chi connectivity index (χ1) is 21.0. The van der Waals surface area contributed by atoms with Crippen molar-refractivity contribution in [2.75, 3.05) is 13.2 Å². The first kappa shape index (κ1) is 31.5. The van der Waals surface area contributed by atoms with Gasteiger partial charge in [0.15, 0.2) is 5.82 Å². The van der Waals surface area contributed by atoms with Crippen LogP contribution in [0.1, 0.15) is 102 Å². The summed E-state index contributed by atoms with van der Waals surface area (Å²) in [5.74, 6) is 1.43. The van der Waals surface area contributed by atoms with Crippen LogP contribution in [0, 0.1) is 0 Å². The van der Waals surface area contributed by atoms with Crippen LogP contribution in [0.4, 0.5) is 9.59 Å². The van der Waals surface area contributed by atoms with Crippen LogP contribution in [0.3, 0.4) is 0 Å². The summed E-state index contributed by atoms with van der Waals surface area (Å²) in [6, 6.07) is 9.65. The fourth-order valence-corrected chi connectivity index (χ4v) is 6.02. The quantitative estimate of drug-likeness (QED) is 0.327. The number of rotatable bonds is 11. The minimum absolute atomic E-state index is 0.00467. The standard InChI is InChI=1S/C33H45N5O6/c1-6-18-42-31(41)38(26-19-25(26)22-10-8-7-9-11-22)20-33(16-17-33)29-36-28(44-37-29)23-12-14-24(15-13-23)35-27(39)21(2)34-30(40)43-32(3,4)5/h6-11,21,23-26H,1,12-20H2,2-5H3,(H,34,40)(H,35,39)/t21-,23?,24?,25-,26+/m0/s1. The van der Waals surface area contributed by atoms with Crippen LogP contribution in [0.15, 0.2) is 47.5 Å². The van der Waals surface area contributed by atoms with Gasteiger partial charge in [-0.1, -0.05) is 48.1 Å². The van der Waals surface area contributed by atoms with Gasteiger partial charge in [0.05, 0.1) is 5.41 Å². The summed E-state index contributed by atoms with van der Waals surface area (Å²) >= 11 is 0. The van der Waals surface area contributed by atoms with Gasteiger partial charge in [-0.15, -0.1) is 0 Å². The maximum atomic E-state index is 13.1. The maximum Gasteiger partial charge on any atom is 0.410 e. The van der Waals surface area contributed by atoms with Crippen LogP contribution in [-0.4, -0.2) is 70.0 Å². The van der Waals surface area contributed by atoms with Crippen molar-refractivity contribution >= 4 is 18.1 Å². The molecule has 2 aromatic rings. The largest absolute Gasteiger partial charge is 0.445 e. The molecule has 1 heterocycles. The molecule has 3 aliphatic rings. The van der Waals surface area contributed by atoms with E-state index in [2.05, 4.69) is 34.5 Å². The van der Waals surface area contributed by atoms with Gasteiger partial charge in [0, 0.05) is 30.5 Å². The predicted octanol–water partition coefficient (Wildman–Crippen LogP) is 5.34. The van der Waals surface area contributed by atoms with E-state index in [0.717, 1.165) is 44.9 Å². The minimum atomic E-state index is -0.706. The van der Waals surface area contributed by atoms with E-state index in [1.54, 1.807) is 33.8 Å². The molecule has 0 radical (unpaired) electrons. The second-order valence-electron chi connectivity index (χ2n) is 13.5. The van der Waals surface area contributed by atoms with Crippen LogP contribution in [-0.2, 0) is 19.7 Å². The van der Waals surface area contributed by atoms with Crippen LogP contribution < -0.4 is 10.6 Å². The zero-order valence-corrected chi connectivity index (χ0v) is 26.2. The van der Waals surface area contributed by atoms with E-state index in [4.69, 9.17) is 19.0 Å². The minimum Gasteiger partial charge on any atom is -0.445 e. The third-order valence-electron chi connectivity index (χ3n) is 8.74. The Hall–Kier alpha value is -3.89. The van der Waals surface area contributed by atoms with Crippen LogP contribution in [0.5, 0.6) is 0 Å². The lowest BCUT2D eigenvalue weighted by molar-refractivity contribution is -0.123. The Kier molecular flexibility index (Phi) is 9.31. The second-order valence-corrected chi connectivity index (χ2v) is 13.5. The summed E-state index contributed by atoms with van der Waals surface area (Å²) in [6.45, 7) is 11.3. The summed E-state index contributed by atoms with van der Waals surface area (Å²) in [7, 11) is 0. The van der Waals surface area contributed by atoms with E-state index >= 15 is 0 Å². The number of aromatic nitrogens is 2. The van der Waals surface area contributed by atoms with E-state index in [1.807, 2.05) is 23.1 Å². The smallest absolute Gasteiger partial charge is 0.410 e. The number of nitrogens with zero attached hydrogens (tertiary/aromatic N) is 3. The monoisotopic (exact) mass is 607 g/mol. The SMILES string of the molecule is C=CCOC(=O)N(CC1(c2noc(C3CCC(NC(=O)[C@H](C)NC(=O)OC(C)(C)C)CC3)n2)CC1)[C@@H]1C[C@H]1c1ccccc1. The van der Waals surface area contributed by atoms with Crippen LogP contribution in [0.25, 0.3) is 0 Å². The lowest BCUT2D eigenvalue weighted by Crippen LogP contribution is -2.49. The summed E-state index contributed by atoms with van der Waals surface area (Å²) < 4.78 is 16.5. The molecule has 3 aliphatic carbocycles. The van der Waals surface area contributed by atoms with E-state index in [9.17, 15) is 14.4 Å². The fourth-order valence-electron chi connectivity index (χ4n) is 6.02. The Morgan fingerprint density at radius 1 is 1.16 bits per heavy atom. The molecule has 0 bridgehead atoms. The third-order valence-corrected chi connectivity index (χ3v) is 8.74. The van der Waals surface area contributed by atoms with Crippen LogP contribution >= 0.6 is 0 Å². The van der Waals surface area contributed by atoms with Gasteiger partial charge in [-0.25, -0.2) is 9.59 Å². The van der Waals surface area contributed by atoms with Gasteiger partial charge in [0.2, 0.25) is 11.8 Å². The highest BCUT2D eigenvalue weighted by atomic mass is 16.6. The van der Waals surface area contributed by atoms with Crippen molar-refractivity contribution in [2.24, 2.45) is 0 Å². The highest BCUT2D eigenvalue weighted by Crippen LogP contribution is 2.52. The molecule has 3 fully saturated rings. The molecule has 0 spiro atoms. The van der Waals surface area contributed by atoms with Crippen molar-refractivity contribution in [1.29, 1.82) is 0 Å². The van der Waals surface area contributed by atoms with Gasteiger partial charge >= 0.3 is 12.2 Å². The Morgan fingerprint density at radius 2 is 1.86 bits per heavy atom. The highest BCUT2D eigenvalue weighted by molar-refractivity contribution is 5.85. The van der Waals surface area contributed by atoms with Crippen molar-refractivity contribution in [1.82, 2.24) is 25.7 Å². The molecule has 44 heavy (non-hydrogen) atoms. The number of ether oxygens (including phenoxy) is 2. The molecule has 0 saturated heterocycles. The highest BCUT2D eigenvalue weighted by Gasteiger charge is 2.55. The lowest BCUT2D eigenvalue weighted by Gasteiger charge is -2.28. The molecule has 11 nitrogen and oxygen atoms in total. The molecule has 2 N–H and O–H groups in total. The van der Waals surface area contributed by atoms with Crippen molar-refractivity contribution in [3.05, 3.63) is 60.3 Å². The number of carbonyl (C=O) groups excluding carboxylic acids is 3. The second kappa shape index (κ2) is 13.0. The van der Waals surface area contributed by atoms with E-state index in [0.29, 0.717) is 18.3 Å². The number of hydrogen-bond donors (Lipinski definition) is 2. The summed E-state index contributed by atoms with van der Waals surface area (Å²) in [6.07, 6.45) is 6.43. The molecule has 5 rings (SSSR count). The van der Waals surface area contributed by atoms with E-state index in [-0.39, 0.29) is 47.9 Å². The first-order valence-electron chi connectivity index (χ1n) is 15.7. The first-order valence-corrected chi connectivity index (χ1v) is 15.7. The molecule has 238 valence electrons. The molecule has 1 aromatic carbocycles. The average molecular weight is 608 g/mol. The van der Waals surface area contributed by atoms with Gasteiger partial charge in [0.1, 0.15) is 18.2 Å². The predicted molar refractivity (Wildman–Crippen MR) is 163 cm³/mol. The number of hydrogen-bond acceptors (Lipinski definition) is 8. The van der Waals surface area contributed by atoms with Gasteiger partial charge in [0.25, 0.3) is 0 Å². The van der Waals surface area contributed by atoms with Gasteiger partial charge in [-0.05, 0) is 78.2 Å². The number of nitrogens with one attached hydrogen (secondary N) is 2. The molecule has 0 unspecified atom stereocenters.